The molecule has 0 saturated heterocycles. The molecule has 0 aromatic heterocycles. The molecule has 2 nitrogen and oxygen atoms in total. The lowest BCUT2D eigenvalue weighted by molar-refractivity contribution is -0.123. The van der Waals surface area contributed by atoms with Gasteiger partial charge >= 0.3 is 0 Å². The molecule has 0 radical (unpaired) electrons. The van der Waals surface area contributed by atoms with Crippen molar-refractivity contribution in [2.24, 2.45) is 16.7 Å². The summed E-state index contributed by atoms with van der Waals surface area (Å²) in [5.74, 6) is 1.05. The predicted octanol–water partition coefficient (Wildman–Crippen LogP) is 3.12. The maximum Gasteiger partial charge on any atom is 0.220 e. The van der Waals surface area contributed by atoms with Crippen molar-refractivity contribution >= 4 is 5.91 Å². The van der Waals surface area contributed by atoms with E-state index >= 15 is 0 Å². The minimum absolute atomic E-state index is 0.245. The molecule has 0 aromatic rings. The van der Waals surface area contributed by atoms with Gasteiger partial charge in [0.1, 0.15) is 0 Å². The molecule has 16 heavy (non-hydrogen) atoms. The van der Waals surface area contributed by atoms with E-state index in [0.717, 1.165) is 12.3 Å². The molecule has 92 valence electrons. The normalized spacial score (nSPS) is 40.0. The van der Waals surface area contributed by atoms with Crippen molar-refractivity contribution in [3.05, 3.63) is 0 Å². The molecule has 0 aliphatic heterocycles. The van der Waals surface area contributed by atoms with E-state index in [1.165, 1.54) is 19.3 Å². The fourth-order valence-electron chi connectivity index (χ4n) is 4.12. The standard InChI is InChI=1S/C14H25NO/c1-5-6-11(16)15-12-13(2,3)10-7-8-14(12,4)9-10/h10,12H,5-9H2,1-4H3,(H,15,16). The van der Waals surface area contributed by atoms with E-state index in [9.17, 15) is 4.79 Å². The van der Waals surface area contributed by atoms with Crippen LogP contribution < -0.4 is 5.32 Å². The molecule has 2 saturated carbocycles. The van der Waals surface area contributed by atoms with Crippen LogP contribution in [0.2, 0.25) is 0 Å². The molecule has 1 N–H and O–H groups in total. The van der Waals surface area contributed by atoms with Crippen LogP contribution in [0.25, 0.3) is 0 Å². The summed E-state index contributed by atoms with van der Waals surface area (Å²) in [6.45, 7) is 9.09. The number of carbonyl (C=O) groups is 1. The number of amides is 1. The molecule has 0 heterocycles. The Morgan fingerprint density at radius 3 is 2.56 bits per heavy atom. The summed E-state index contributed by atoms with van der Waals surface area (Å²) in [5, 5.41) is 3.30. The number of rotatable bonds is 3. The third-order valence-corrected chi connectivity index (χ3v) is 5.05. The first-order valence-electron chi connectivity index (χ1n) is 6.69. The van der Waals surface area contributed by atoms with Crippen LogP contribution in [-0.4, -0.2) is 11.9 Å². The lowest BCUT2D eigenvalue weighted by atomic mass is 9.68. The summed E-state index contributed by atoms with van der Waals surface area (Å²) in [4.78, 5) is 11.8. The Labute approximate surface area is 99.2 Å². The molecule has 2 aliphatic rings. The lowest BCUT2D eigenvalue weighted by Crippen LogP contribution is -2.52. The van der Waals surface area contributed by atoms with Gasteiger partial charge in [-0.25, -0.2) is 0 Å². The number of fused-ring (bicyclic) bond motifs is 2. The SMILES string of the molecule is CCCC(=O)NC1C2(C)CCC(C2)C1(C)C. The van der Waals surface area contributed by atoms with Gasteiger partial charge in [0.25, 0.3) is 0 Å². The van der Waals surface area contributed by atoms with Crippen molar-refractivity contribution in [2.75, 3.05) is 0 Å². The number of nitrogens with one attached hydrogen (secondary N) is 1. The zero-order chi connectivity index (χ0) is 12.0. The molecule has 3 unspecified atom stereocenters. The van der Waals surface area contributed by atoms with Gasteiger partial charge in [0.2, 0.25) is 5.91 Å². The molecule has 2 heteroatoms. The van der Waals surface area contributed by atoms with E-state index in [-0.39, 0.29) is 11.3 Å². The van der Waals surface area contributed by atoms with Crippen molar-refractivity contribution in [3.63, 3.8) is 0 Å². The van der Waals surface area contributed by atoms with Gasteiger partial charge in [0.05, 0.1) is 0 Å². The average molecular weight is 223 g/mol. The van der Waals surface area contributed by atoms with Crippen LogP contribution in [-0.2, 0) is 4.79 Å². The third kappa shape index (κ3) is 1.66. The molecule has 1 amide bonds. The Hall–Kier alpha value is -0.530. The topological polar surface area (TPSA) is 29.1 Å². The maximum absolute atomic E-state index is 11.8. The Morgan fingerprint density at radius 2 is 2.06 bits per heavy atom. The van der Waals surface area contributed by atoms with Gasteiger partial charge in [0, 0.05) is 12.5 Å². The highest BCUT2D eigenvalue weighted by Crippen LogP contribution is 2.62. The smallest absolute Gasteiger partial charge is 0.220 e. The summed E-state index contributed by atoms with van der Waals surface area (Å²) in [5.41, 5.74) is 0.647. The molecule has 0 aromatic carbocycles. The fraction of sp³-hybridized carbons (Fsp3) is 0.929. The van der Waals surface area contributed by atoms with Gasteiger partial charge in [-0.3, -0.25) is 4.79 Å². The molecular weight excluding hydrogens is 198 g/mol. The Bertz CT molecular complexity index is 292. The number of hydrogen-bond acceptors (Lipinski definition) is 1. The first-order chi connectivity index (χ1) is 7.40. The van der Waals surface area contributed by atoms with Crippen molar-refractivity contribution in [3.8, 4) is 0 Å². The van der Waals surface area contributed by atoms with Crippen LogP contribution in [0.5, 0.6) is 0 Å². The second kappa shape index (κ2) is 3.75. The molecule has 2 fully saturated rings. The van der Waals surface area contributed by atoms with Gasteiger partial charge in [-0.2, -0.15) is 0 Å². The largest absolute Gasteiger partial charge is 0.352 e. The zero-order valence-corrected chi connectivity index (χ0v) is 11.1. The summed E-state index contributed by atoms with van der Waals surface area (Å²) in [7, 11) is 0. The van der Waals surface area contributed by atoms with Crippen molar-refractivity contribution in [1.82, 2.24) is 5.32 Å². The second-order valence-electron chi connectivity index (χ2n) is 6.67. The summed E-state index contributed by atoms with van der Waals surface area (Å²) in [6.07, 6.45) is 5.56. The van der Waals surface area contributed by atoms with E-state index in [0.29, 0.717) is 17.9 Å². The van der Waals surface area contributed by atoms with E-state index < -0.39 is 0 Å². The summed E-state index contributed by atoms with van der Waals surface area (Å²) in [6, 6.07) is 0.387. The van der Waals surface area contributed by atoms with Crippen molar-refractivity contribution in [2.45, 2.75) is 65.8 Å². The Balaban J connectivity index is 2.11. The van der Waals surface area contributed by atoms with E-state index in [4.69, 9.17) is 0 Å². The van der Waals surface area contributed by atoms with Crippen LogP contribution >= 0.6 is 0 Å². The average Bonchev–Trinajstić information content (AvgIpc) is 2.64. The molecule has 2 aliphatic carbocycles. The fourth-order valence-corrected chi connectivity index (χ4v) is 4.12. The third-order valence-electron chi connectivity index (χ3n) is 5.05. The van der Waals surface area contributed by atoms with Crippen molar-refractivity contribution in [1.29, 1.82) is 0 Å². The molecular formula is C14H25NO. The highest BCUT2D eigenvalue weighted by Gasteiger charge is 2.59. The first-order valence-corrected chi connectivity index (χ1v) is 6.69. The highest BCUT2D eigenvalue weighted by molar-refractivity contribution is 5.76. The summed E-state index contributed by atoms with van der Waals surface area (Å²) < 4.78 is 0. The molecule has 2 rings (SSSR count). The number of carbonyl (C=O) groups excluding carboxylic acids is 1. The zero-order valence-electron chi connectivity index (χ0n) is 11.1. The van der Waals surface area contributed by atoms with Crippen LogP contribution in [0.4, 0.5) is 0 Å². The van der Waals surface area contributed by atoms with E-state index in [1.54, 1.807) is 0 Å². The molecule has 2 bridgehead atoms. The van der Waals surface area contributed by atoms with Gasteiger partial charge in [-0.15, -0.1) is 0 Å². The van der Waals surface area contributed by atoms with Gasteiger partial charge < -0.3 is 5.32 Å². The Kier molecular flexibility index (Phi) is 2.80. The van der Waals surface area contributed by atoms with Crippen LogP contribution in [0.3, 0.4) is 0 Å². The van der Waals surface area contributed by atoms with Gasteiger partial charge in [-0.05, 0) is 42.4 Å². The molecule has 0 spiro atoms. The molecule has 3 atom stereocenters. The van der Waals surface area contributed by atoms with Crippen LogP contribution in [0, 0.1) is 16.7 Å². The lowest BCUT2D eigenvalue weighted by Gasteiger charge is -2.43. The minimum Gasteiger partial charge on any atom is -0.352 e. The minimum atomic E-state index is 0.245. The van der Waals surface area contributed by atoms with Gasteiger partial charge in [0.15, 0.2) is 0 Å². The highest BCUT2D eigenvalue weighted by atomic mass is 16.1. The number of hydrogen-bond donors (Lipinski definition) is 1. The Morgan fingerprint density at radius 1 is 1.38 bits per heavy atom. The van der Waals surface area contributed by atoms with Gasteiger partial charge in [-0.1, -0.05) is 27.7 Å². The first kappa shape index (κ1) is 11.9. The summed E-state index contributed by atoms with van der Waals surface area (Å²) >= 11 is 0. The quantitative estimate of drug-likeness (QED) is 0.782. The van der Waals surface area contributed by atoms with Crippen LogP contribution in [0.1, 0.15) is 59.8 Å². The monoisotopic (exact) mass is 223 g/mol. The second-order valence-corrected chi connectivity index (χ2v) is 6.67. The van der Waals surface area contributed by atoms with E-state index in [2.05, 4.69) is 33.0 Å². The van der Waals surface area contributed by atoms with Crippen molar-refractivity contribution < 1.29 is 4.79 Å². The maximum atomic E-state index is 11.8. The van der Waals surface area contributed by atoms with E-state index in [1.807, 2.05) is 0 Å². The predicted molar refractivity (Wildman–Crippen MR) is 66.1 cm³/mol. The van der Waals surface area contributed by atoms with Crippen LogP contribution in [0.15, 0.2) is 0 Å².